The Balaban J connectivity index is 2.70. The Morgan fingerprint density at radius 1 is 0.795 bits per heavy atom. The summed E-state index contributed by atoms with van der Waals surface area (Å²) >= 11 is 0. The molecule has 0 amide bonds. The van der Waals surface area contributed by atoms with Crippen LogP contribution in [0.1, 0.15) is 52.4 Å². The van der Waals surface area contributed by atoms with E-state index in [1.54, 1.807) is 13.8 Å². The van der Waals surface area contributed by atoms with E-state index in [2.05, 4.69) is 13.2 Å². The topological polar surface area (TPSA) is 153 Å². The smallest absolute Gasteiger partial charge is 0.333 e. The molecule has 0 aliphatic carbocycles. The van der Waals surface area contributed by atoms with Gasteiger partial charge in [-0.05, 0) is 39.5 Å². The molecule has 0 aromatic heterocycles. The van der Waals surface area contributed by atoms with Gasteiger partial charge < -0.3 is 38.3 Å². The molecule has 0 saturated carbocycles. The number of aliphatic hydroxyl groups is 1. The molecule has 1 aliphatic rings. The van der Waals surface area contributed by atoms with E-state index in [4.69, 9.17) is 33.2 Å². The standard InChI is InChI=1S/C27H42O12/c1-18(2)26(31)35-12-8-6-10-22(29)38-21-17-37-20(16-28)24(34-15-14-33-5)25(21)39-23(30)11-7-9-13-36-27(32)19(3)4/h20-21,24-25,28H,1,3,6-17H2,2,4-5H3/t20?,21-,24+,25+/m1/s1. The third kappa shape index (κ3) is 13.7. The molecule has 0 aromatic carbocycles. The predicted molar refractivity (Wildman–Crippen MR) is 137 cm³/mol. The van der Waals surface area contributed by atoms with Crippen LogP contribution in [0.4, 0.5) is 0 Å². The molecule has 4 atom stereocenters. The van der Waals surface area contributed by atoms with Crippen LogP contribution in [0, 0.1) is 0 Å². The Hall–Kier alpha value is -2.80. The van der Waals surface area contributed by atoms with Gasteiger partial charge in [-0.2, -0.15) is 0 Å². The Morgan fingerprint density at radius 3 is 1.82 bits per heavy atom. The zero-order chi connectivity index (χ0) is 29.2. The van der Waals surface area contributed by atoms with Gasteiger partial charge in [0.2, 0.25) is 0 Å². The van der Waals surface area contributed by atoms with Gasteiger partial charge in [-0.3, -0.25) is 9.59 Å². The van der Waals surface area contributed by atoms with Gasteiger partial charge in [0.1, 0.15) is 12.2 Å². The fraction of sp³-hybridized carbons (Fsp3) is 0.704. The molecule has 1 unspecified atom stereocenters. The van der Waals surface area contributed by atoms with Crippen molar-refractivity contribution in [2.24, 2.45) is 0 Å². The van der Waals surface area contributed by atoms with Crippen molar-refractivity contribution >= 4 is 23.9 Å². The molecule has 12 heteroatoms. The summed E-state index contributed by atoms with van der Waals surface area (Å²) in [6.07, 6.45) is -1.94. The number of carbonyl (C=O) groups excluding carboxylic acids is 4. The zero-order valence-electron chi connectivity index (χ0n) is 23.1. The second-order valence-corrected chi connectivity index (χ2v) is 9.11. The maximum atomic E-state index is 12.6. The molecule has 1 heterocycles. The molecule has 1 N–H and O–H groups in total. The minimum Gasteiger partial charge on any atom is -0.462 e. The van der Waals surface area contributed by atoms with Crippen LogP contribution in [-0.2, 0) is 52.3 Å². The summed E-state index contributed by atoms with van der Waals surface area (Å²) in [4.78, 5) is 48.0. The SMILES string of the molecule is C=C(C)C(=O)OCCCCC(=O)O[C@H]1[C@H](OC(=O)CCCCOC(=O)C(=C)C)COC(CO)[C@@H]1OCCOC. The van der Waals surface area contributed by atoms with Crippen LogP contribution in [-0.4, -0.2) is 100 Å². The molecule has 1 fully saturated rings. The second kappa shape index (κ2) is 19.3. The highest BCUT2D eigenvalue weighted by Crippen LogP contribution is 2.25. The van der Waals surface area contributed by atoms with Gasteiger partial charge in [0.05, 0.1) is 39.6 Å². The molecule has 222 valence electrons. The minimum atomic E-state index is -1.03. The van der Waals surface area contributed by atoms with E-state index in [0.29, 0.717) is 36.8 Å². The molecule has 0 bridgehead atoms. The van der Waals surface area contributed by atoms with E-state index in [1.807, 2.05) is 0 Å². The van der Waals surface area contributed by atoms with E-state index in [-0.39, 0.29) is 45.9 Å². The van der Waals surface area contributed by atoms with E-state index >= 15 is 0 Å². The first-order chi connectivity index (χ1) is 18.6. The highest BCUT2D eigenvalue weighted by molar-refractivity contribution is 5.87. The van der Waals surface area contributed by atoms with Gasteiger partial charge in [0.25, 0.3) is 0 Å². The van der Waals surface area contributed by atoms with E-state index in [9.17, 15) is 24.3 Å². The minimum absolute atomic E-state index is 0.0279. The van der Waals surface area contributed by atoms with Crippen molar-refractivity contribution in [1.29, 1.82) is 0 Å². The summed E-state index contributed by atoms with van der Waals surface area (Å²) in [5, 5.41) is 9.79. The van der Waals surface area contributed by atoms with E-state index < -0.39 is 54.9 Å². The van der Waals surface area contributed by atoms with Gasteiger partial charge in [-0.25, -0.2) is 9.59 Å². The molecule has 0 radical (unpaired) electrons. The highest BCUT2D eigenvalue weighted by atomic mass is 16.6. The highest BCUT2D eigenvalue weighted by Gasteiger charge is 2.45. The quantitative estimate of drug-likeness (QED) is 0.106. The van der Waals surface area contributed by atoms with Crippen LogP contribution < -0.4 is 0 Å². The Labute approximate surface area is 229 Å². The molecule has 1 rings (SSSR count). The molecule has 1 saturated heterocycles. The van der Waals surface area contributed by atoms with Crippen molar-refractivity contribution in [2.45, 2.75) is 76.8 Å². The number of esters is 4. The number of rotatable bonds is 19. The van der Waals surface area contributed by atoms with Gasteiger partial charge >= 0.3 is 23.9 Å². The fourth-order valence-corrected chi connectivity index (χ4v) is 3.46. The van der Waals surface area contributed by atoms with Gasteiger partial charge in [0.15, 0.2) is 12.2 Å². The molecule has 0 aromatic rings. The monoisotopic (exact) mass is 558 g/mol. The number of carbonyl (C=O) groups is 4. The molecular weight excluding hydrogens is 516 g/mol. The third-order valence-electron chi connectivity index (χ3n) is 5.57. The first-order valence-corrected chi connectivity index (χ1v) is 13.0. The van der Waals surface area contributed by atoms with Crippen molar-refractivity contribution in [3.8, 4) is 0 Å². The lowest BCUT2D eigenvalue weighted by molar-refractivity contribution is -0.234. The average Bonchev–Trinajstić information content (AvgIpc) is 2.89. The van der Waals surface area contributed by atoms with Crippen LogP contribution >= 0.6 is 0 Å². The average molecular weight is 559 g/mol. The number of aliphatic hydroxyl groups excluding tert-OH is 1. The lowest BCUT2D eigenvalue weighted by Crippen LogP contribution is -2.58. The predicted octanol–water partition coefficient (Wildman–Crippen LogP) is 1.81. The summed E-state index contributed by atoms with van der Waals surface area (Å²) < 4.78 is 37.7. The van der Waals surface area contributed by atoms with Gasteiger partial charge in [-0.1, -0.05) is 13.2 Å². The number of ether oxygens (including phenoxy) is 7. The molecule has 1 aliphatic heterocycles. The maximum Gasteiger partial charge on any atom is 0.333 e. The lowest BCUT2D eigenvalue weighted by atomic mass is 9.99. The molecule has 12 nitrogen and oxygen atoms in total. The van der Waals surface area contributed by atoms with Crippen LogP contribution in [0.25, 0.3) is 0 Å². The second-order valence-electron chi connectivity index (χ2n) is 9.11. The number of methoxy groups -OCH3 is 1. The Bertz CT molecular complexity index is 824. The van der Waals surface area contributed by atoms with Crippen LogP contribution in [0.15, 0.2) is 24.3 Å². The van der Waals surface area contributed by atoms with E-state index in [0.717, 1.165) is 0 Å². The van der Waals surface area contributed by atoms with Gasteiger partial charge in [-0.15, -0.1) is 0 Å². The van der Waals surface area contributed by atoms with Crippen molar-refractivity contribution < 1.29 is 57.4 Å². The Morgan fingerprint density at radius 2 is 1.33 bits per heavy atom. The molecule has 0 spiro atoms. The van der Waals surface area contributed by atoms with Crippen molar-refractivity contribution in [2.75, 3.05) is 46.8 Å². The largest absolute Gasteiger partial charge is 0.462 e. The van der Waals surface area contributed by atoms with Crippen molar-refractivity contribution in [3.05, 3.63) is 24.3 Å². The Kier molecular flexibility index (Phi) is 16.9. The maximum absolute atomic E-state index is 12.6. The van der Waals surface area contributed by atoms with Crippen LogP contribution in [0.3, 0.4) is 0 Å². The lowest BCUT2D eigenvalue weighted by Gasteiger charge is -2.40. The summed E-state index contributed by atoms with van der Waals surface area (Å²) in [5.74, 6) is -2.10. The number of hydrogen-bond donors (Lipinski definition) is 1. The first-order valence-electron chi connectivity index (χ1n) is 13.0. The fourth-order valence-electron chi connectivity index (χ4n) is 3.46. The summed E-state index contributed by atoms with van der Waals surface area (Å²) in [6, 6.07) is 0. The van der Waals surface area contributed by atoms with Crippen molar-refractivity contribution in [3.63, 3.8) is 0 Å². The summed E-state index contributed by atoms with van der Waals surface area (Å²) in [5.41, 5.74) is 0.584. The molecule has 39 heavy (non-hydrogen) atoms. The molecular formula is C27H42O12. The number of unbranched alkanes of at least 4 members (excludes halogenated alkanes) is 2. The van der Waals surface area contributed by atoms with Crippen LogP contribution in [0.5, 0.6) is 0 Å². The first kappa shape index (κ1) is 34.2. The number of hydrogen-bond acceptors (Lipinski definition) is 12. The van der Waals surface area contributed by atoms with Crippen molar-refractivity contribution in [1.82, 2.24) is 0 Å². The third-order valence-corrected chi connectivity index (χ3v) is 5.57. The zero-order valence-corrected chi connectivity index (χ0v) is 23.1. The summed E-state index contributed by atoms with van der Waals surface area (Å²) in [7, 11) is 1.50. The summed E-state index contributed by atoms with van der Waals surface area (Å²) in [6.45, 7) is 10.3. The normalized spacial score (nSPS) is 20.5. The van der Waals surface area contributed by atoms with Crippen LogP contribution in [0.2, 0.25) is 0 Å². The van der Waals surface area contributed by atoms with Gasteiger partial charge in [0, 0.05) is 31.1 Å². The van der Waals surface area contributed by atoms with E-state index in [1.165, 1.54) is 7.11 Å².